The maximum Gasteiger partial charge on any atom is 0.223 e. The van der Waals surface area contributed by atoms with Crippen LogP contribution in [0, 0.1) is 5.92 Å². The molecule has 0 saturated carbocycles. The molecule has 0 bridgehead atoms. The number of nitrogens with zero attached hydrogens (tertiary/aromatic N) is 6. The van der Waals surface area contributed by atoms with E-state index < -0.39 is 6.10 Å². The van der Waals surface area contributed by atoms with Gasteiger partial charge in [-0.2, -0.15) is 0 Å². The average Bonchev–Trinajstić information content (AvgIpc) is 3.33. The van der Waals surface area contributed by atoms with Gasteiger partial charge in [0.1, 0.15) is 17.9 Å². The Kier molecular flexibility index (Phi) is 4.99. The number of fused-ring (bicyclic) bond motifs is 1. The molecule has 0 aliphatic carbocycles. The van der Waals surface area contributed by atoms with Gasteiger partial charge in [-0.1, -0.05) is 0 Å². The van der Waals surface area contributed by atoms with E-state index in [2.05, 4.69) is 48.4 Å². The highest BCUT2D eigenvalue weighted by atomic mass is 16.5. The zero-order chi connectivity index (χ0) is 19.6. The Bertz CT molecular complexity index is 960. The third-order valence-electron chi connectivity index (χ3n) is 5.80. The van der Waals surface area contributed by atoms with Crippen LogP contribution in [0.1, 0.15) is 24.8 Å². The van der Waals surface area contributed by atoms with E-state index in [4.69, 9.17) is 9.15 Å². The number of piperidine rings is 1. The lowest BCUT2D eigenvalue weighted by Gasteiger charge is -2.35. The van der Waals surface area contributed by atoms with Crippen molar-refractivity contribution in [3.63, 3.8) is 0 Å². The van der Waals surface area contributed by atoms with Gasteiger partial charge in [0.2, 0.25) is 5.89 Å². The molecule has 152 valence electrons. The predicted molar refractivity (Wildman–Crippen MR) is 107 cm³/mol. The van der Waals surface area contributed by atoms with E-state index in [1.165, 1.54) is 6.26 Å². The lowest BCUT2D eigenvalue weighted by Crippen LogP contribution is -2.38. The standard InChI is InChI=1S/C20H24N6O3/c27-18(20-21-5-9-29-20)14-2-1-6-26(13-14)19-16-4-3-15(12-17(16)22-24-23-19)25-7-10-28-11-8-25/h3-5,9,12,14,18,27H,1-2,6-8,10-11,13H2/t14-,18+/m0/s1. The molecule has 2 aromatic heterocycles. The molecule has 2 fully saturated rings. The van der Waals surface area contributed by atoms with Crippen LogP contribution in [0.15, 0.2) is 35.1 Å². The zero-order valence-electron chi connectivity index (χ0n) is 16.1. The lowest BCUT2D eigenvalue weighted by atomic mass is 9.92. The molecule has 9 heteroatoms. The molecule has 0 amide bonds. The highest BCUT2D eigenvalue weighted by molar-refractivity contribution is 5.91. The number of morpholine rings is 1. The first kappa shape index (κ1) is 18.3. The largest absolute Gasteiger partial charge is 0.446 e. The summed E-state index contributed by atoms with van der Waals surface area (Å²) in [5, 5.41) is 24.2. The molecule has 1 N–H and O–H groups in total. The van der Waals surface area contributed by atoms with Crippen molar-refractivity contribution in [2.24, 2.45) is 5.92 Å². The lowest BCUT2D eigenvalue weighted by molar-refractivity contribution is 0.0722. The summed E-state index contributed by atoms with van der Waals surface area (Å²) in [6.45, 7) is 4.78. The van der Waals surface area contributed by atoms with Crippen molar-refractivity contribution in [1.82, 2.24) is 20.4 Å². The van der Waals surface area contributed by atoms with E-state index in [1.54, 1.807) is 6.20 Å². The van der Waals surface area contributed by atoms with E-state index in [9.17, 15) is 5.11 Å². The number of aliphatic hydroxyl groups is 1. The van der Waals surface area contributed by atoms with Crippen LogP contribution in [0.4, 0.5) is 11.5 Å². The Morgan fingerprint density at radius 3 is 2.83 bits per heavy atom. The second-order valence-corrected chi connectivity index (χ2v) is 7.58. The van der Waals surface area contributed by atoms with Gasteiger partial charge >= 0.3 is 0 Å². The highest BCUT2D eigenvalue weighted by Gasteiger charge is 2.31. The fraction of sp³-hybridized carbons (Fsp3) is 0.500. The van der Waals surface area contributed by atoms with Crippen molar-refractivity contribution < 1.29 is 14.3 Å². The van der Waals surface area contributed by atoms with Gasteiger partial charge < -0.3 is 24.1 Å². The van der Waals surface area contributed by atoms with Crippen LogP contribution < -0.4 is 9.80 Å². The van der Waals surface area contributed by atoms with Gasteiger partial charge in [0.25, 0.3) is 0 Å². The second-order valence-electron chi connectivity index (χ2n) is 7.58. The normalized spacial score (nSPS) is 21.5. The molecule has 0 radical (unpaired) electrons. The fourth-order valence-corrected chi connectivity index (χ4v) is 4.25. The minimum atomic E-state index is -0.721. The summed E-state index contributed by atoms with van der Waals surface area (Å²) in [6, 6.07) is 6.26. The van der Waals surface area contributed by atoms with Crippen LogP contribution in [0.25, 0.3) is 10.9 Å². The summed E-state index contributed by atoms with van der Waals surface area (Å²) >= 11 is 0. The molecule has 5 rings (SSSR count). The number of oxazole rings is 1. The maximum absolute atomic E-state index is 10.6. The average molecular weight is 396 g/mol. The van der Waals surface area contributed by atoms with Gasteiger partial charge in [-0.25, -0.2) is 4.98 Å². The highest BCUT2D eigenvalue weighted by Crippen LogP contribution is 2.33. The topological polar surface area (TPSA) is 101 Å². The zero-order valence-corrected chi connectivity index (χ0v) is 16.1. The molecule has 2 aliphatic heterocycles. The first-order valence-corrected chi connectivity index (χ1v) is 10.1. The Morgan fingerprint density at radius 1 is 1.10 bits per heavy atom. The summed E-state index contributed by atoms with van der Waals surface area (Å²) in [7, 11) is 0. The Morgan fingerprint density at radius 2 is 2.00 bits per heavy atom. The number of hydrogen-bond donors (Lipinski definition) is 1. The molecule has 3 aromatic rings. The number of benzene rings is 1. The molecular formula is C20H24N6O3. The molecule has 9 nitrogen and oxygen atoms in total. The predicted octanol–water partition coefficient (Wildman–Crippen LogP) is 1.80. The third kappa shape index (κ3) is 3.63. The van der Waals surface area contributed by atoms with Crippen LogP contribution in [0.5, 0.6) is 0 Å². The van der Waals surface area contributed by atoms with Gasteiger partial charge in [-0.3, -0.25) is 0 Å². The van der Waals surface area contributed by atoms with E-state index in [1.807, 2.05) is 0 Å². The van der Waals surface area contributed by atoms with Crippen molar-refractivity contribution in [1.29, 1.82) is 0 Å². The van der Waals surface area contributed by atoms with Crippen molar-refractivity contribution in [3.05, 3.63) is 36.5 Å². The third-order valence-corrected chi connectivity index (χ3v) is 5.80. The first-order chi connectivity index (χ1) is 14.3. The van der Waals surface area contributed by atoms with Gasteiger partial charge in [0, 0.05) is 43.2 Å². The van der Waals surface area contributed by atoms with Crippen molar-refractivity contribution in [2.45, 2.75) is 18.9 Å². The van der Waals surface area contributed by atoms with Crippen molar-refractivity contribution in [3.8, 4) is 0 Å². The SMILES string of the molecule is O[C@@H](c1ncco1)[C@H]1CCCN(c2nnnc3cc(N4CCOCC4)ccc23)C1. The monoisotopic (exact) mass is 396 g/mol. The summed E-state index contributed by atoms with van der Waals surface area (Å²) in [6.07, 6.45) is 4.21. The Balaban J connectivity index is 1.40. The number of hydrogen-bond acceptors (Lipinski definition) is 9. The first-order valence-electron chi connectivity index (χ1n) is 10.1. The number of ether oxygens (including phenoxy) is 1. The number of aliphatic hydroxyl groups excluding tert-OH is 1. The molecule has 0 unspecified atom stereocenters. The van der Waals surface area contributed by atoms with Gasteiger partial charge in [-0.15, -0.1) is 10.2 Å². The number of anilines is 2. The molecular weight excluding hydrogens is 372 g/mol. The number of rotatable bonds is 4. The minimum absolute atomic E-state index is 0.0278. The quantitative estimate of drug-likeness (QED) is 0.707. The van der Waals surface area contributed by atoms with Crippen molar-refractivity contribution in [2.75, 3.05) is 49.2 Å². The fourth-order valence-electron chi connectivity index (χ4n) is 4.25. The molecule has 1 aromatic carbocycles. The smallest absolute Gasteiger partial charge is 0.223 e. The van der Waals surface area contributed by atoms with Gasteiger partial charge in [-0.05, 0) is 36.3 Å². The van der Waals surface area contributed by atoms with Crippen LogP contribution in [-0.2, 0) is 4.74 Å². The van der Waals surface area contributed by atoms with Crippen LogP contribution in [-0.4, -0.2) is 64.9 Å². The molecule has 0 spiro atoms. The minimum Gasteiger partial charge on any atom is -0.446 e. The van der Waals surface area contributed by atoms with Crippen molar-refractivity contribution >= 4 is 22.4 Å². The molecule has 2 atom stereocenters. The summed E-state index contributed by atoms with van der Waals surface area (Å²) in [4.78, 5) is 8.59. The van der Waals surface area contributed by atoms with Gasteiger partial charge in [0.05, 0.1) is 19.4 Å². The van der Waals surface area contributed by atoms with E-state index in [0.29, 0.717) is 12.4 Å². The summed E-state index contributed by atoms with van der Waals surface area (Å²) < 4.78 is 10.7. The summed E-state index contributed by atoms with van der Waals surface area (Å²) in [5.74, 6) is 1.21. The molecule has 4 heterocycles. The summed E-state index contributed by atoms with van der Waals surface area (Å²) in [5.41, 5.74) is 1.96. The van der Waals surface area contributed by atoms with Crippen LogP contribution >= 0.6 is 0 Å². The van der Waals surface area contributed by atoms with Gasteiger partial charge in [0.15, 0.2) is 5.82 Å². The Hall–Kier alpha value is -2.78. The molecule has 2 aliphatic rings. The van der Waals surface area contributed by atoms with E-state index in [-0.39, 0.29) is 5.92 Å². The molecule has 29 heavy (non-hydrogen) atoms. The van der Waals surface area contributed by atoms with E-state index in [0.717, 1.165) is 68.1 Å². The van der Waals surface area contributed by atoms with Crippen LogP contribution in [0.2, 0.25) is 0 Å². The second kappa shape index (κ2) is 7.92. The van der Waals surface area contributed by atoms with Crippen LogP contribution in [0.3, 0.4) is 0 Å². The maximum atomic E-state index is 10.6. The Labute approximate surface area is 168 Å². The number of aromatic nitrogens is 4. The van der Waals surface area contributed by atoms with E-state index >= 15 is 0 Å². The molecule has 2 saturated heterocycles.